The van der Waals surface area contributed by atoms with Gasteiger partial charge in [-0.1, -0.05) is 13.8 Å². The second-order valence-corrected chi connectivity index (χ2v) is 11.1. The molecule has 0 aromatic heterocycles. The fourth-order valence-electron chi connectivity index (χ4n) is 8.58. The van der Waals surface area contributed by atoms with Gasteiger partial charge in [0, 0.05) is 29.9 Å². The highest BCUT2D eigenvalue weighted by Gasteiger charge is 2.85. The third-order valence-electron chi connectivity index (χ3n) is 9.72. The Hall–Kier alpha value is -2.76. The number of methoxy groups -OCH3 is 1. The van der Waals surface area contributed by atoms with E-state index in [1.807, 2.05) is 13.8 Å². The van der Waals surface area contributed by atoms with Crippen LogP contribution in [0.25, 0.3) is 0 Å². The zero-order valence-electron chi connectivity index (χ0n) is 20.3. The van der Waals surface area contributed by atoms with E-state index < -0.39 is 76.6 Å². The van der Waals surface area contributed by atoms with Gasteiger partial charge in [0.1, 0.15) is 18.0 Å². The van der Waals surface area contributed by atoms with Crippen LogP contribution in [0.2, 0.25) is 0 Å². The number of allylic oxidation sites excluding steroid dienone is 2. The second kappa shape index (κ2) is 7.17. The van der Waals surface area contributed by atoms with Crippen molar-refractivity contribution in [2.24, 2.45) is 34.5 Å². The first-order valence-electron chi connectivity index (χ1n) is 12.1. The lowest BCUT2D eigenvalue weighted by molar-refractivity contribution is -0.288. The molecule has 0 amide bonds. The van der Waals surface area contributed by atoms with Crippen LogP contribution in [0.15, 0.2) is 23.5 Å². The minimum absolute atomic E-state index is 0.149. The molecule has 0 aromatic rings. The molecule has 0 aromatic carbocycles. The van der Waals surface area contributed by atoms with Crippen molar-refractivity contribution in [3.05, 3.63) is 23.5 Å². The van der Waals surface area contributed by atoms with Gasteiger partial charge < -0.3 is 33.9 Å². The Morgan fingerprint density at radius 3 is 2.58 bits per heavy atom. The summed E-state index contributed by atoms with van der Waals surface area (Å²) in [6.45, 7) is 4.84. The van der Waals surface area contributed by atoms with Gasteiger partial charge in [-0.2, -0.15) is 0 Å². The molecule has 4 fully saturated rings. The highest BCUT2D eigenvalue weighted by atomic mass is 16.6. The predicted molar refractivity (Wildman–Crippen MR) is 115 cm³/mol. The molecule has 3 heterocycles. The lowest BCUT2D eigenvalue weighted by Gasteiger charge is -2.67. The minimum Gasteiger partial charge on any atom is -0.467 e. The maximum Gasteiger partial charge on any atom is 0.348 e. The summed E-state index contributed by atoms with van der Waals surface area (Å²) in [4.78, 5) is 50.6. The van der Waals surface area contributed by atoms with E-state index in [1.54, 1.807) is 6.08 Å². The van der Waals surface area contributed by atoms with Crippen LogP contribution < -0.4 is 0 Å². The summed E-state index contributed by atoms with van der Waals surface area (Å²) in [5.41, 5.74) is -3.49. The van der Waals surface area contributed by atoms with Crippen LogP contribution in [0.1, 0.15) is 27.2 Å². The minimum atomic E-state index is -2.15. The van der Waals surface area contributed by atoms with Crippen molar-refractivity contribution in [2.45, 2.75) is 57.2 Å². The van der Waals surface area contributed by atoms with Crippen molar-refractivity contribution in [2.75, 3.05) is 13.7 Å². The molecule has 11 heteroatoms. The Labute approximate surface area is 206 Å². The van der Waals surface area contributed by atoms with Gasteiger partial charge in [0.25, 0.3) is 0 Å². The first kappa shape index (κ1) is 23.6. The first-order chi connectivity index (χ1) is 16.9. The van der Waals surface area contributed by atoms with Crippen molar-refractivity contribution in [3.63, 3.8) is 0 Å². The molecule has 194 valence electrons. The van der Waals surface area contributed by atoms with Crippen LogP contribution in [0, 0.1) is 34.5 Å². The molecule has 36 heavy (non-hydrogen) atoms. The number of esters is 4. The Morgan fingerprint density at radius 1 is 1.19 bits per heavy atom. The topological polar surface area (TPSA) is 155 Å². The number of fused-ring (bicyclic) bond motifs is 3. The summed E-state index contributed by atoms with van der Waals surface area (Å²) in [5.74, 6) is -5.08. The summed E-state index contributed by atoms with van der Waals surface area (Å²) in [5, 5.41) is 23.2. The molecule has 2 N–H and O–H groups in total. The van der Waals surface area contributed by atoms with Crippen LogP contribution in [-0.2, 0) is 42.9 Å². The molecular formula is C25H28O11. The van der Waals surface area contributed by atoms with Crippen molar-refractivity contribution in [3.8, 4) is 0 Å². The number of rotatable bonds is 2. The average molecular weight is 504 g/mol. The van der Waals surface area contributed by atoms with Crippen molar-refractivity contribution < 1.29 is 53.1 Å². The van der Waals surface area contributed by atoms with E-state index in [4.69, 9.17) is 23.7 Å². The van der Waals surface area contributed by atoms with Gasteiger partial charge >= 0.3 is 23.9 Å². The van der Waals surface area contributed by atoms with E-state index in [-0.39, 0.29) is 18.4 Å². The molecule has 6 aliphatic rings. The van der Waals surface area contributed by atoms with Crippen molar-refractivity contribution >= 4 is 23.9 Å². The number of hydrogen-bond donors (Lipinski definition) is 2. The molecule has 1 spiro atoms. The van der Waals surface area contributed by atoms with Gasteiger partial charge in [-0.25, -0.2) is 14.4 Å². The number of carbonyl (C=O) groups excluding carboxylic acids is 4. The molecular weight excluding hydrogens is 476 g/mol. The summed E-state index contributed by atoms with van der Waals surface area (Å²) >= 11 is 0. The lowest BCUT2D eigenvalue weighted by atomic mass is 9.38. The van der Waals surface area contributed by atoms with E-state index in [0.29, 0.717) is 12.2 Å². The van der Waals surface area contributed by atoms with Gasteiger partial charge in [-0.3, -0.25) is 4.79 Å². The second-order valence-electron chi connectivity index (χ2n) is 11.1. The first-order valence-corrected chi connectivity index (χ1v) is 12.1. The van der Waals surface area contributed by atoms with Crippen LogP contribution in [0.5, 0.6) is 0 Å². The Kier molecular flexibility index (Phi) is 4.71. The van der Waals surface area contributed by atoms with Crippen LogP contribution in [0.3, 0.4) is 0 Å². The van der Waals surface area contributed by atoms with E-state index >= 15 is 0 Å². The maximum atomic E-state index is 13.2. The molecule has 2 saturated carbocycles. The number of hydrogen-bond acceptors (Lipinski definition) is 11. The number of ether oxygens (including phenoxy) is 5. The molecule has 2 bridgehead atoms. The zero-order valence-corrected chi connectivity index (χ0v) is 20.3. The zero-order chi connectivity index (χ0) is 25.9. The molecule has 2 saturated heterocycles. The molecule has 6 rings (SSSR count). The number of carbonyl (C=O) groups is 4. The van der Waals surface area contributed by atoms with Gasteiger partial charge in [0.05, 0.1) is 25.7 Å². The monoisotopic (exact) mass is 504 g/mol. The smallest absolute Gasteiger partial charge is 0.348 e. The third kappa shape index (κ3) is 2.48. The number of aliphatic hydroxyl groups excluding tert-OH is 2. The molecule has 3 aliphatic heterocycles. The quantitative estimate of drug-likeness (QED) is 0.379. The van der Waals surface area contributed by atoms with E-state index in [1.165, 1.54) is 6.08 Å². The van der Waals surface area contributed by atoms with Gasteiger partial charge in [-0.15, -0.1) is 0 Å². The predicted octanol–water partition coefficient (Wildman–Crippen LogP) is -0.217. The standard InChI is InChI=1S/C25H28O11/c1-9-11-5-15(27)35-13(11)7-23(3)12(9)6-14-24-8-33-25(22(31)32-4,20(29)16(28)18(23)24)19(24)17(21(30)36-14)34-10(2)26/h5,7,9,12,14,16-20,28-29H,6,8H2,1-4H3/t9-,12+,14-,16-,17-,18-,19-,20+,23+,24-,25-/m1/s1. The van der Waals surface area contributed by atoms with E-state index in [2.05, 4.69) is 0 Å². The van der Waals surface area contributed by atoms with Crippen molar-refractivity contribution in [1.29, 1.82) is 0 Å². The molecule has 0 radical (unpaired) electrons. The third-order valence-corrected chi connectivity index (χ3v) is 9.72. The highest BCUT2D eigenvalue weighted by molar-refractivity contribution is 5.89. The normalized spacial score (nSPS) is 49.9. The SMILES string of the molecule is COC(=O)[C@]12OC[C@]34[C@H]([C@@H](O)[C@@H]1O)[C@@]1(C)C=C5OC(=O)C=C5[C@@H](C)[C@@H]1C[C@H]3OC(=O)[C@H](OC(C)=O)[C@@H]24. The largest absolute Gasteiger partial charge is 0.467 e. The Morgan fingerprint density at radius 2 is 1.92 bits per heavy atom. The van der Waals surface area contributed by atoms with Crippen LogP contribution >= 0.6 is 0 Å². The molecule has 0 unspecified atom stereocenters. The van der Waals surface area contributed by atoms with Gasteiger partial charge in [0.2, 0.25) is 11.7 Å². The average Bonchev–Trinajstić information content (AvgIpc) is 3.33. The molecule has 3 aliphatic carbocycles. The number of aliphatic hydroxyl groups is 2. The Balaban J connectivity index is 1.60. The van der Waals surface area contributed by atoms with Crippen LogP contribution in [0.4, 0.5) is 0 Å². The van der Waals surface area contributed by atoms with E-state index in [9.17, 15) is 29.4 Å². The summed E-state index contributed by atoms with van der Waals surface area (Å²) in [7, 11) is 1.11. The summed E-state index contributed by atoms with van der Waals surface area (Å²) in [6, 6.07) is 0. The lowest BCUT2D eigenvalue weighted by Crippen LogP contribution is -2.79. The van der Waals surface area contributed by atoms with Gasteiger partial charge in [-0.05, 0) is 29.7 Å². The van der Waals surface area contributed by atoms with Crippen molar-refractivity contribution in [1.82, 2.24) is 0 Å². The summed E-state index contributed by atoms with van der Waals surface area (Å²) in [6.07, 6.45) is -2.08. The highest BCUT2D eigenvalue weighted by Crippen LogP contribution is 2.73. The fraction of sp³-hybridized carbons (Fsp3) is 0.680. The van der Waals surface area contributed by atoms with Gasteiger partial charge in [0.15, 0.2) is 0 Å². The Bertz CT molecular complexity index is 1160. The maximum absolute atomic E-state index is 13.2. The van der Waals surface area contributed by atoms with Crippen LogP contribution in [-0.4, -0.2) is 77.8 Å². The molecule has 11 nitrogen and oxygen atoms in total. The summed E-state index contributed by atoms with van der Waals surface area (Å²) < 4.78 is 27.8. The van der Waals surface area contributed by atoms with E-state index in [0.717, 1.165) is 19.6 Å². The fourth-order valence-corrected chi connectivity index (χ4v) is 8.58. The molecule has 11 atom stereocenters.